The van der Waals surface area contributed by atoms with E-state index in [9.17, 15) is 9.59 Å². The van der Waals surface area contributed by atoms with Crippen molar-refractivity contribution in [3.8, 4) is 0 Å². The summed E-state index contributed by atoms with van der Waals surface area (Å²) >= 11 is 0. The number of ether oxygens (including phenoxy) is 1. The highest BCUT2D eigenvalue weighted by molar-refractivity contribution is 5.76. The fourth-order valence-corrected chi connectivity index (χ4v) is 2.67. The maximum Gasteiger partial charge on any atom is 0.309 e. The molecule has 0 aromatic carbocycles. The minimum absolute atomic E-state index is 0.0545. The molecule has 0 aliphatic heterocycles. The summed E-state index contributed by atoms with van der Waals surface area (Å²) in [5.41, 5.74) is -0.622. The Kier molecular flexibility index (Phi) is 3.31. The van der Waals surface area contributed by atoms with Gasteiger partial charge in [-0.15, -0.1) is 0 Å². The van der Waals surface area contributed by atoms with Crippen LogP contribution in [-0.2, 0) is 14.3 Å². The van der Waals surface area contributed by atoms with Crippen LogP contribution >= 0.6 is 0 Å². The number of amides is 1. The molecule has 0 aromatic heterocycles. The second-order valence-electron chi connectivity index (χ2n) is 5.35. The Bertz CT molecular complexity index is 311. The van der Waals surface area contributed by atoms with Crippen LogP contribution in [0, 0.1) is 11.3 Å². The van der Waals surface area contributed by atoms with Crippen molar-refractivity contribution in [2.75, 3.05) is 7.11 Å². The number of methoxy groups -OCH3 is 1. The normalized spacial score (nSPS) is 32.2. The van der Waals surface area contributed by atoms with Gasteiger partial charge >= 0.3 is 5.97 Å². The highest BCUT2D eigenvalue weighted by Gasteiger charge is 2.55. The third-order valence-electron chi connectivity index (χ3n) is 4.16. The lowest BCUT2D eigenvalue weighted by molar-refractivity contribution is -0.150. The summed E-state index contributed by atoms with van der Waals surface area (Å²) in [4.78, 5) is 22.9. The van der Waals surface area contributed by atoms with Gasteiger partial charge < -0.3 is 10.1 Å². The van der Waals surface area contributed by atoms with Crippen molar-refractivity contribution in [3.63, 3.8) is 0 Å². The molecule has 16 heavy (non-hydrogen) atoms. The maximum absolute atomic E-state index is 11.7. The van der Waals surface area contributed by atoms with E-state index in [1.165, 1.54) is 14.0 Å². The summed E-state index contributed by atoms with van der Waals surface area (Å²) in [6.07, 6.45) is 1.57. The first-order chi connectivity index (χ1) is 7.24. The highest BCUT2D eigenvalue weighted by atomic mass is 16.5. The maximum atomic E-state index is 11.7. The molecule has 0 radical (unpaired) electrons. The number of nitrogens with one attached hydrogen (secondary N) is 1. The van der Waals surface area contributed by atoms with E-state index >= 15 is 0 Å². The Morgan fingerprint density at radius 2 is 1.88 bits per heavy atom. The second kappa shape index (κ2) is 4.07. The Balaban J connectivity index is 2.94. The summed E-state index contributed by atoms with van der Waals surface area (Å²) in [6, 6.07) is 0. The zero-order valence-electron chi connectivity index (χ0n) is 10.7. The smallest absolute Gasteiger partial charge is 0.309 e. The number of esters is 1. The van der Waals surface area contributed by atoms with Crippen LogP contribution in [0.4, 0.5) is 0 Å². The first-order valence-electron chi connectivity index (χ1n) is 5.61. The van der Waals surface area contributed by atoms with Gasteiger partial charge in [0.1, 0.15) is 0 Å². The van der Waals surface area contributed by atoms with Crippen molar-refractivity contribution in [2.45, 2.75) is 46.1 Å². The predicted molar refractivity (Wildman–Crippen MR) is 60.7 cm³/mol. The molecule has 4 heteroatoms. The van der Waals surface area contributed by atoms with Gasteiger partial charge in [-0.1, -0.05) is 13.8 Å². The molecule has 92 valence electrons. The predicted octanol–water partition coefficient (Wildman–Crippen LogP) is 1.49. The summed E-state index contributed by atoms with van der Waals surface area (Å²) in [5.74, 6) is -0.380. The largest absolute Gasteiger partial charge is 0.469 e. The van der Waals surface area contributed by atoms with Crippen LogP contribution in [0.1, 0.15) is 40.5 Å². The van der Waals surface area contributed by atoms with Gasteiger partial charge in [-0.25, -0.2) is 0 Å². The van der Waals surface area contributed by atoms with Crippen molar-refractivity contribution >= 4 is 11.9 Å². The molecule has 1 aliphatic rings. The molecule has 1 aliphatic carbocycles. The van der Waals surface area contributed by atoms with Crippen molar-refractivity contribution in [2.24, 2.45) is 11.3 Å². The van der Waals surface area contributed by atoms with Gasteiger partial charge in [-0.3, -0.25) is 9.59 Å². The third kappa shape index (κ3) is 1.93. The molecule has 0 heterocycles. The van der Waals surface area contributed by atoms with E-state index in [1.54, 1.807) is 0 Å². The first-order valence-corrected chi connectivity index (χ1v) is 5.61. The van der Waals surface area contributed by atoms with Crippen LogP contribution in [-0.4, -0.2) is 24.5 Å². The van der Waals surface area contributed by atoms with E-state index in [4.69, 9.17) is 4.74 Å². The molecule has 0 saturated heterocycles. The monoisotopic (exact) mass is 227 g/mol. The molecule has 0 aromatic rings. The SMILES string of the molecule is COC(=O)[C@H]1CC[C@@](C)(NC(C)=O)C1(C)C. The summed E-state index contributed by atoms with van der Waals surface area (Å²) in [7, 11) is 1.41. The molecule has 1 rings (SSSR count). The molecule has 1 fully saturated rings. The van der Waals surface area contributed by atoms with Gasteiger partial charge in [0.2, 0.25) is 5.91 Å². The highest BCUT2D eigenvalue weighted by Crippen LogP contribution is 2.50. The fourth-order valence-electron chi connectivity index (χ4n) is 2.67. The average Bonchev–Trinajstić information content (AvgIpc) is 2.36. The van der Waals surface area contributed by atoms with Crippen LogP contribution < -0.4 is 5.32 Å². The molecule has 2 atom stereocenters. The topological polar surface area (TPSA) is 55.4 Å². The molecule has 0 bridgehead atoms. The molecule has 1 N–H and O–H groups in total. The summed E-state index contributed by atoms with van der Waals surface area (Å²) < 4.78 is 4.82. The molecule has 0 unspecified atom stereocenters. The quantitative estimate of drug-likeness (QED) is 0.727. The van der Waals surface area contributed by atoms with Crippen LogP contribution in [0.25, 0.3) is 0 Å². The lowest BCUT2D eigenvalue weighted by atomic mass is 9.71. The number of rotatable bonds is 2. The zero-order chi connectivity index (χ0) is 12.6. The lowest BCUT2D eigenvalue weighted by Crippen LogP contribution is -2.54. The standard InChI is InChI=1S/C12H21NO3/c1-8(14)13-12(4)7-6-9(10(15)16-5)11(12,2)3/h9H,6-7H2,1-5H3,(H,13,14)/t9-,12-/m1/s1. The minimum Gasteiger partial charge on any atom is -0.469 e. The number of carbonyl (C=O) groups excluding carboxylic acids is 2. The average molecular weight is 227 g/mol. The van der Waals surface area contributed by atoms with E-state index in [0.29, 0.717) is 0 Å². The van der Waals surface area contributed by atoms with Gasteiger partial charge in [-0.05, 0) is 19.8 Å². The van der Waals surface area contributed by atoms with Crippen LogP contribution in [0.2, 0.25) is 0 Å². The summed E-state index contributed by atoms with van der Waals surface area (Å²) in [5, 5.41) is 2.97. The first kappa shape index (κ1) is 13.0. The summed E-state index contributed by atoms with van der Waals surface area (Å²) in [6.45, 7) is 7.53. The lowest BCUT2D eigenvalue weighted by Gasteiger charge is -2.41. The van der Waals surface area contributed by atoms with Crippen molar-refractivity contribution in [1.82, 2.24) is 5.32 Å². The molecular formula is C12H21NO3. The second-order valence-corrected chi connectivity index (χ2v) is 5.35. The van der Waals surface area contributed by atoms with Crippen LogP contribution in [0.5, 0.6) is 0 Å². The Hall–Kier alpha value is -1.06. The third-order valence-corrected chi connectivity index (χ3v) is 4.16. The number of hydrogen-bond acceptors (Lipinski definition) is 3. The molecule has 1 saturated carbocycles. The van der Waals surface area contributed by atoms with Crippen molar-refractivity contribution < 1.29 is 14.3 Å². The Morgan fingerprint density at radius 1 is 1.31 bits per heavy atom. The Labute approximate surface area is 96.7 Å². The number of hydrogen-bond donors (Lipinski definition) is 1. The zero-order valence-corrected chi connectivity index (χ0v) is 10.7. The van der Waals surface area contributed by atoms with Crippen LogP contribution in [0.15, 0.2) is 0 Å². The molecule has 1 amide bonds. The van der Waals surface area contributed by atoms with Gasteiger partial charge in [-0.2, -0.15) is 0 Å². The van der Waals surface area contributed by atoms with Gasteiger partial charge in [0.05, 0.1) is 13.0 Å². The van der Waals surface area contributed by atoms with E-state index in [2.05, 4.69) is 5.32 Å². The van der Waals surface area contributed by atoms with Crippen molar-refractivity contribution in [1.29, 1.82) is 0 Å². The van der Waals surface area contributed by atoms with Crippen LogP contribution in [0.3, 0.4) is 0 Å². The van der Waals surface area contributed by atoms with E-state index in [-0.39, 0.29) is 28.7 Å². The Morgan fingerprint density at radius 3 is 2.31 bits per heavy atom. The van der Waals surface area contributed by atoms with E-state index < -0.39 is 0 Å². The van der Waals surface area contributed by atoms with Gasteiger partial charge in [0.25, 0.3) is 0 Å². The van der Waals surface area contributed by atoms with Crippen molar-refractivity contribution in [3.05, 3.63) is 0 Å². The fraction of sp³-hybridized carbons (Fsp3) is 0.833. The van der Waals surface area contributed by atoms with Gasteiger partial charge in [0.15, 0.2) is 0 Å². The number of carbonyl (C=O) groups is 2. The molecule has 0 spiro atoms. The minimum atomic E-state index is -0.336. The van der Waals surface area contributed by atoms with E-state index in [0.717, 1.165) is 12.8 Å². The van der Waals surface area contributed by atoms with Gasteiger partial charge in [0, 0.05) is 17.9 Å². The molecule has 4 nitrogen and oxygen atoms in total. The molecular weight excluding hydrogens is 206 g/mol. The van der Waals surface area contributed by atoms with E-state index in [1.807, 2.05) is 20.8 Å².